The van der Waals surface area contributed by atoms with Gasteiger partial charge in [0.2, 0.25) is 5.91 Å². The van der Waals surface area contributed by atoms with Gasteiger partial charge in [0.25, 0.3) is 0 Å². The van der Waals surface area contributed by atoms with Crippen molar-refractivity contribution in [2.45, 2.75) is 52.5 Å². The molecular weight excluding hydrogens is 274 g/mol. The fourth-order valence-electron chi connectivity index (χ4n) is 2.73. The Balaban J connectivity index is 1.89. The summed E-state index contributed by atoms with van der Waals surface area (Å²) in [5, 5.41) is 2.93. The molecule has 0 spiro atoms. The summed E-state index contributed by atoms with van der Waals surface area (Å²) < 4.78 is 0. The molecule has 0 saturated carbocycles. The molecule has 1 saturated heterocycles. The highest BCUT2D eigenvalue weighted by Crippen LogP contribution is 2.17. The molecular formula is C18H27N3O. The summed E-state index contributed by atoms with van der Waals surface area (Å²) >= 11 is 0. The van der Waals surface area contributed by atoms with Gasteiger partial charge in [0.15, 0.2) is 0 Å². The number of nitrogens with zero attached hydrogens (tertiary/aromatic N) is 2. The standard InChI is InChI=1S/C18H27N3O/c1-3-8-15(2)18(22)20-14-16-9-10-17(19-13-16)21-11-6-4-5-7-12-21/h8-10,13H,3-7,11-12,14H2,1-2H3,(H,20,22). The van der Waals surface area contributed by atoms with Crippen molar-refractivity contribution in [3.05, 3.63) is 35.5 Å². The zero-order chi connectivity index (χ0) is 15.8. The summed E-state index contributed by atoms with van der Waals surface area (Å²) in [7, 11) is 0. The van der Waals surface area contributed by atoms with E-state index >= 15 is 0 Å². The molecule has 1 amide bonds. The molecule has 4 heteroatoms. The molecule has 2 rings (SSSR count). The number of anilines is 1. The zero-order valence-corrected chi connectivity index (χ0v) is 13.8. The van der Waals surface area contributed by atoms with E-state index in [1.54, 1.807) is 0 Å². The fourth-order valence-corrected chi connectivity index (χ4v) is 2.73. The normalized spacial score (nSPS) is 16.3. The molecule has 1 aliphatic heterocycles. The minimum absolute atomic E-state index is 0.00144. The van der Waals surface area contributed by atoms with E-state index in [0.29, 0.717) is 6.54 Å². The van der Waals surface area contributed by atoms with Crippen LogP contribution < -0.4 is 10.2 Å². The first-order valence-electron chi connectivity index (χ1n) is 8.35. The van der Waals surface area contributed by atoms with E-state index in [2.05, 4.69) is 27.3 Å². The van der Waals surface area contributed by atoms with Gasteiger partial charge in [-0.05, 0) is 37.8 Å². The average molecular weight is 301 g/mol. The molecule has 120 valence electrons. The van der Waals surface area contributed by atoms with Crippen molar-refractivity contribution < 1.29 is 4.79 Å². The second-order valence-corrected chi connectivity index (χ2v) is 5.90. The van der Waals surface area contributed by atoms with E-state index in [4.69, 9.17) is 0 Å². The van der Waals surface area contributed by atoms with Crippen LogP contribution in [0.5, 0.6) is 0 Å². The summed E-state index contributed by atoms with van der Waals surface area (Å²) in [5.74, 6) is 1.05. The molecule has 0 unspecified atom stereocenters. The van der Waals surface area contributed by atoms with Crippen LogP contribution in [0, 0.1) is 0 Å². The topological polar surface area (TPSA) is 45.2 Å². The maximum atomic E-state index is 11.9. The van der Waals surface area contributed by atoms with Gasteiger partial charge >= 0.3 is 0 Å². The summed E-state index contributed by atoms with van der Waals surface area (Å²) in [6.07, 6.45) is 9.85. The molecule has 4 nitrogen and oxygen atoms in total. The second kappa shape index (κ2) is 8.57. The van der Waals surface area contributed by atoms with Crippen molar-refractivity contribution in [1.29, 1.82) is 0 Å². The average Bonchev–Trinajstić information content (AvgIpc) is 2.82. The summed E-state index contributed by atoms with van der Waals surface area (Å²) in [6, 6.07) is 4.13. The first-order chi connectivity index (χ1) is 10.7. The molecule has 0 bridgehead atoms. The van der Waals surface area contributed by atoms with Crippen LogP contribution in [0.3, 0.4) is 0 Å². The monoisotopic (exact) mass is 301 g/mol. The number of carbonyl (C=O) groups excluding carboxylic acids is 1. The maximum Gasteiger partial charge on any atom is 0.246 e. The molecule has 0 radical (unpaired) electrons. The molecule has 0 aliphatic carbocycles. The maximum absolute atomic E-state index is 11.9. The SMILES string of the molecule is CCC=C(C)C(=O)NCc1ccc(N2CCCCCC2)nc1. The van der Waals surface area contributed by atoms with Crippen molar-refractivity contribution in [3.8, 4) is 0 Å². The number of carbonyl (C=O) groups is 1. The van der Waals surface area contributed by atoms with E-state index in [0.717, 1.165) is 36.5 Å². The minimum Gasteiger partial charge on any atom is -0.357 e. The van der Waals surface area contributed by atoms with Crippen LogP contribution in [0.15, 0.2) is 30.0 Å². The molecule has 22 heavy (non-hydrogen) atoms. The lowest BCUT2D eigenvalue weighted by Crippen LogP contribution is -2.25. The molecule has 1 aliphatic rings. The Morgan fingerprint density at radius 1 is 1.27 bits per heavy atom. The third-order valence-corrected chi connectivity index (χ3v) is 4.06. The Hall–Kier alpha value is -1.84. The number of hydrogen-bond acceptors (Lipinski definition) is 3. The zero-order valence-electron chi connectivity index (χ0n) is 13.8. The molecule has 1 fully saturated rings. The fraction of sp³-hybridized carbons (Fsp3) is 0.556. The van der Waals surface area contributed by atoms with E-state index < -0.39 is 0 Å². The lowest BCUT2D eigenvalue weighted by Gasteiger charge is -2.21. The van der Waals surface area contributed by atoms with Crippen molar-refractivity contribution >= 4 is 11.7 Å². The first kappa shape index (κ1) is 16.5. The van der Waals surface area contributed by atoms with E-state index in [1.165, 1.54) is 25.7 Å². The lowest BCUT2D eigenvalue weighted by atomic mass is 10.2. The molecule has 1 aromatic heterocycles. The highest BCUT2D eigenvalue weighted by atomic mass is 16.1. The number of pyridine rings is 1. The Bertz CT molecular complexity index is 500. The first-order valence-corrected chi connectivity index (χ1v) is 8.35. The van der Waals surface area contributed by atoms with E-state index in [9.17, 15) is 4.79 Å². The van der Waals surface area contributed by atoms with Gasteiger partial charge in [-0.2, -0.15) is 0 Å². The quantitative estimate of drug-likeness (QED) is 0.847. The highest BCUT2D eigenvalue weighted by molar-refractivity contribution is 5.92. The van der Waals surface area contributed by atoms with Crippen LogP contribution in [-0.4, -0.2) is 24.0 Å². The van der Waals surface area contributed by atoms with Crippen LogP contribution >= 0.6 is 0 Å². The molecule has 0 aromatic carbocycles. The van der Waals surface area contributed by atoms with Crippen LogP contribution in [-0.2, 0) is 11.3 Å². The number of amides is 1. The molecule has 1 N–H and O–H groups in total. The van der Waals surface area contributed by atoms with Crippen LogP contribution in [0.2, 0.25) is 0 Å². The van der Waals surface area contributed by atoms with Gasteiger partial charge in [-0.3, -0.25) is 4.79 Å². The van der Waals surface area contributed by atoms with Crippen LogP contribution in [0.4, 0.5) is 5.82 Å². The largest absolute Gasteiger partial charge is 0.357 e. The van der Waals surface area contributed by atoms with Gasteiger partial charge in [-0.1, -0.05) is 31.9 Å². The number of hydrogen-bond donors (Lipinski definition) is 1. The van der Waals surface area contributed by atoms with Crippen LogP contribution in [0.1, 0.15) is 51.5 Å². The lowest BCUT2D eigenvalue weighted by molar-refractivity contribution is -0.117. The Morgan fingerprint density at radius 2 is 2.00 bits per heavy atom. The van der Waals surface area contributed by atoms with Crippen molar-refractivity contribution in [2.75, 3.05) is 18.0 Å². The minimum atomic E-state index is -0.00144. The summed E-state index contributed by atoms with van der Waals surface area (Å²) in [6.45, 7) is 6.61. The molecule has 0 atom stereocenters. The van der Waals surface area contributed by atoms with Gasteiger partial charge in [-0.25, -0.2) is 4.98 Å². The Labute approximate surface area is 133 Å². The molecule has 1 aromatic rings. The Kier molecular flexibility index (Phi) is 6.44. The number of nitrogens with one attached hydrogen (secondary N) is 1. The second-order valence-electron chi connectivity index (χ2n) is 5.90. The van der Waals surface area contributed by atoms with Gasteiger partial charge in [-0.15, -0.1) is 0 Å². The van der Waals surface area contributed by atoms with Crippen molar-refractivity contribution in [2.24, 2.45) is 0 Å². The number of allylic oxidation sites excluding steroid dienone is 1. The predicted molar refractivity (Wildman–Crippen MR) is 90.8 cm³/mol. The predicted octanol–water partition coefficient (Wildman–Crippen LogP) is 3.43. The smallest absolute Gasteiger partial charge is 0.246 e. The molecule has 2 heterocycles. The highest BCUT2D eigenvalue weighted by Gasteiger charge is 2.11. The summed E-state index contributed by atoms with van der Waals surface area (Å²) in [5.41, 5.74) is 1.81. The van der Waals surface area contributed by atoms with Crippen molar-refractivity contribution in [1.82, 2.24) is 10.3 Å². The van der Waals surface area contributed by atoms with E-state index in [-0.39, 0.29) is 5.91 Å². The van der Waals surface area contributed by atoms with Gasteiger partial charge in [0.05, 0.1) is 0 Å². The third kappa shape index (κ3) is 4.86. The van der Waals surface area contributed by atoms with Crippen molar-refractivity contribution in [3.63, 3.8) is 0 Å². The summed E-state index contributed by atoms with van der Waals surface area (Å²) in [4.78, 5) is 18.8. The van der Waals surface area contributed by atoms with Gasteiger partial charge in [0.1, 0.15) is 5.82 Å². The Morgan fingerprint density at radius 3 is 2.59 bits per heavy atom. The number of aromatic nitrogens is 1. The third-order valence-electron chi connectivity index (χ3n) is 4.06. The van der Waals surface area contributed by atoms with Gasteiger partial charge < -0.3 is 10.2 Å². The van der Waals surface area contributed by atoms with Crippen LogP contribution in [0.25, 0.3) is 0 Å². The van der Waals surface area contributed by atoms with Gasteiger partial charge in [0, 0.05) is 31.4 Å². The van der Waals surface area contributed by atoms with E-state index in [1.807, 2.05) is 26.1 Å². The number of rotatable bonds is 5.